The van der Waals surface area contributed by atoms with Crippen LogP contribution in [0.2, 0.25) is 0 Å². The molecule has 24 heavy (non-hydrogen) atoms. The minimum absolute atomic E-state index is 0.0756. The predicted molar refractivity (Wildman–Crippen MR) is 96.5 cm³/mol. The number of nitrogens with one attached hydrogen (secondary N) is 2. The highest BCUT2D eigenvalue weighted by molar-refractivity contribution is 7.09. The van der Waals surface area contributed by atoms with E-state index in [-0.39, 0.29) is 11.9 Å². The van der Waals surface area contributed by atoms with Gasteiger partial charge in [-0.2, -0.15) is 0 Å². The van der Waals surface area contributed by atoms with Gasteiger partial charge in [0.2, 0.25) is 5.91 Å². The van der Waals surface area contributed by atoms with Gasteiger partial charge in [0.1, 0.15) is 6.04 Å². The number of urea groups is 1. The molecule has 3 amide bonds. The Morgan fingerprint density at radius 3 is 2.88 bits per heavy atom. The van der Waals surface area contributed by atoms with Crippen LogP contribution in [0.15, 0.2) is 41.8 Å². The molecule has 2 N–H and O–H groups in total. The van der Waals surface area contributed by atoms with Crippen molar-refractivity contribution in [1.29, 1.82) is 0 Å². The van der Waals surface area contributed by atoms with Crippen LogP contribution in [0.3, 0.4) is 0 Å². The molecule has 0 saturated carbocycles. The van der Waals surface area contributed by atoms with Gasteiger partial charge in [-0.25, -0.2) is 4.79 Å². The molecule has 1 aliphatic heterocycles. The molecule has 0 aliphatic carbocycles. The van der Waals surface area contributed by atoms with E-state index in [0.29, 0.717) is 13.1 Å². The van der Waals surface area contributed by atoms with E-state index in [1.165, 1.54) is 10.4 Å². The molecule has 1 aliphatic rings. The molecule has 2 aromatic rings. The summed E-state index contributed by atoms with van der Waals surface area (Å²) in [5.41, 5.74) is 2.13. The number of benzene rings is 1. The highest BCUT2D eigenvalue weighted by atomic mass is 32.1. The van der Waals surface area contributed by atoms with Crippen LogP contribution in [0.1, 0.15) is 17.4 Å². The molecule has 3 rings (SSSR count). The van der Waals surface area contributed by atoms with E-state index in [1.807, 2.05) is 41.8 Å². The summed E-state index contributed by atoms with van der Waals surface area (Å²) >= 11 is 1.67. The van der Waals surface area contributed by atoms with Crippen LogP contribution in [0.25, 0.3) is 0 Å². The molecule has 5 nitrogen and oxygen atoms in total. The highest BCUT2D eigenvalue weighted by Crippen LogP contribution is 2.27. The first-order valence-electron chi connectivity index (χ1n) is 8.11. The van der Waals surface area contributed by atoms with Gasteiger partial charge in [-0.3, -0.25) is 4.79 Å². The number of anilines is 1. The average molecular weight is 343 g/mol. The lowest BCUT2D eigenvalue weighted by atomic mass is 10.2. The zero-order chi connectivity index (χ0) is 16.9. The van der Waals surface area contributed by atoms with Crippen molar-refractivity contribution in [2.45, 2.75) is 25.8 Å². The standard InChI is InChI=1S/C18H21N3O2S/c1-13(20-18(23)19-10-8-15-6-4-12-24-15)17(22)21-11-9-14-5-2-3-7-16(14)21/h2-7,12-13H,8-11H2,1H3,(H2,19,20,23). The summed E-state index contributed by atoms with van der Waals surface area (Å²) in [7, 11) is 0. The monoisotopic (exact) mass is 343 g/mol. The largest absolute Gasteiger partial charge is 0.338 e. The molecule has 0 fully saturated rings. The van der Waals surface area contributed by atoms with Gasteiger partial charge in [0.25, 0.3) is 0 Å². The maximum Gasteiger partial charge on any atom is 0.315 e. The van der Waals surface area contributed by atoms with Gasteiger partial charge in [-0.15, -0.1) is 11.3 Å². The van der Waals surface area contributed by atoms with Crippen molar-refractivity contribution < 1.29 is 9.59 Å². The third-order valence-corrected chi connectivity index (χ3v) is 5.04. The maximum absolute atomic E-state index is 12.6. The van der Waals surface area contributed by atoms with Gasteiger partial charge in [-0.1, -0.05) is 24.3 Å². The number of thiophene rings is 1. The van der Waals surface area contributed by atoms with E-state index >= 15 is 0 Å². The topological polar surface area (TPSA) is 61.4 Å². The number of amides is 3. The van der Waals surface area contributed by atoms with Crippen molar-refractivity contribution in [2.24, 2.45) is 0 Å². The molecule has 0 spiro atoms. The van der Waals surface area contributed by atoms with Crippen molar-refractivity contribution in [1.82, 2.24) is 10.6 Å². The lowest BCUT2D eigenvalue weighted by Gasteiger charge is -2.22. The van der Waals surface area contributed by atoms with Gasteiger partial charge in [-0.05, 0) is 42.8 Å². The van der Waals surface area contributed by atoms with Crippen molar-refractivity contribution in [3.63, 3.8) is 0 Å². The Bertz CT molecular complexity index is 715. The normalized spacial score (nSPS) is 14.1. The van der Waals surface area contributed by atoms with Gasteiger partial charge >= 0.3 is 6.03 Å². The van der Waals surface area contributed by atoms with Gasteiger partial charge in [0.05, 0.1) is 0 Å². The van der Waals surface area contributed by atoms with Crippen molar-refractivity contribution in [2.75, 3.05) is 18.0 Å². The van der Waals surface area contributed by atoms with E-state index in [4.69, 9.17) is 0 Å². The number of para-hydroxylation sites is 1. The fourth-order valence-corrected chi connectivity index (χ4v) is 3.57. The number of rotatable bonds is 5. The lowest BCUT2D eigenvalue weighted by molar-refractivity contribution is -0.119. The van der Waals surface area contributed by atoms with Crippen LogP contribution < -0.4 is 15.5 Å². The van der Waals surface area contributed by atoms with Crippen molar-refractivity contribution in [3.8, 4) is 0 Å². The minimum Gasteiger partial charge on any atom is -0.338 e. The molecule has 126 valence electrons. The van der Waals surface area contributed by atoms with Gasteiger partial charge in [0.15, 0.2) is 0 Å². The summed E-state index contributed by atoms with van der Waals surface area (Å²) in [6.07, 6.45) is 1.66. The molecule has 1 aromatic heterocycles. The first kappa shape index (κ1) is 16.5. The van der Waals surface area contributed by atoms with E-state index in [2.05, 4.69) is 10.6 Å². The number of nitrogens with zero attached hydrogens (tertiary/aromatic N) is 1. The van der Waals surface area contributed by atoms with E-state index in [1.54, 1.807) is 23.2 Å². The van der Waals surface area contributed by atoms with Crippen LogP contribution in [-0.2, 0) is 17.6 Å². The summed E-state index contributed by atoms with van der Waals surface area (Å²) in [6.45, 7) is 2.95. The molecule has 1 atom stereocenters. The SMILES string of the molecule is CC(NC(=O)NCCc1cccs1)C(=O)N1CCc2ccccc21. The van der Waals surface area contributed by atoms with Crippen molar-refractivity contribution in [3.05, 3.63) is 52.2 Å². The summed E-state index contributed by atoms with van der Waals surface area (Å²) in [4.78, 5) is 27.5. The molecule has 0 radical (unpaired) electrons. The Morgan fingerprint density at radius 2 is 2.08 bits per heavy atom. The number of carbonyl (C=O) groups is 2. The first-order chi connectivity index (χ1) is 11.6. The summed E-state index contributed by atoms with van der Waals surface area (Å²) in [5, 5.41) is 7.55. The zero-order valence-corrected chi connectivity index (χ0v) is 14.4. The smallest absolute Gasteiger partial charge is 0.315 e. The number of carbonyl (C=O) groups excluding carboxylic acids is 2. The summed E-state index contributed by atoms with van der Waals surface area (Å²) in [6, 6.07) is 11.1. The minimum atomic E-state index is -0.558. The van der Waals surface area contributed by atoms with Crippen LogP contribution in [0.5, 0.6) is 0 Å². The quantitative estimate of drug-likeness (QED) is 0.876. The molecule has 6 heteroatoms. The summed E-state index contributed by atoms with van der Waals surface area (Å²) in [5.74, 6) is -0.0756. The van der Waals surface area contributed by atoms with E-state index in [9.17, 15) is 9.59 Å². The number of hydrogen-bond acceptors (Lipinski definition) is 3. The zero-order valence-electron chi connectivity index (χ0n) is 13.6. The Hall–Kier alpha value is -2.34. The van der Waals surface area contributed by atoms with E-state index < -0.39 is 6.04 Å². The Balaban J connectivity index is 1.48. The van der Waals surface area contributed by atoms with E-state index in [0.717, 1.165) is 18.5 Å². The second-order valence-electron chi connectivity index (χ2n) is 5.82. The third kappa shape index (κ3) is 3.76. The second kappa shape index (κ2) is 7.49. The molecular weight excluding hydrogens is 322 g/mol. The fourth-order valence-electron chi connectivity index (χ4n) is 2.86. The van der Waals surface area contributed by atoms with Gasteiger partial charge in [0, 0.05) is 23.7 Å². The maximum atomic E-state index is 12.6. The van der Waals surface area contributed by atoms with Crippen molar-refractivity contribution >= 4 is 29.0 Å². The Labute approximate surface area is 145 Å². The van der Waals surface area contributed by atoms with Gasteiger partial charge < -0.3 is 15.5 Å². The first-order valence-corrected chi connectivity index (χ1v) is 8.99. The predicted octanol–water partition coefficient (Wildman–Crippen LogP) is 2.57. The molecule has 0 saturated heterocycles. The molecule has 0 bridgehead atoms. The summed E-state index contributed by atoms with van der Waals surface area (Å²) < 4.78 is 0. The Morgan fingerprint density at radius 1 is 1.25 bits per heavy atom. The molecular formula is C18H21N3O2S. The second-order valence-corrected chi connectivity index (χ2v) is 6.85. The Kier molecular flexibility index (Phi) is 5.15. The average Bonchev–Trinajstić information content (AvgIpc) is 3.23. The third-order valence-electron chi connectivity index (χ3n) is 4.11. The highest BCUT2D eigenvalue weighted by Gasteiger charge is 2.28. The van der Waals surface area contributed by atoms with Crippen LogP contribution in [0, 0.1) is 0 Å². The lowest BCUT2D eigenvalue weighted by Crippen LogP contribution is -2.49. The molecule has 1 unspecified atom stereocenters. The molecule has 2 heterocycles. The van der Waals surface area contributed by atoms with Crippen LogP contribution in [0.4, 0.5) is 10.5 Å². The van der Waals surface area contributed by atoms with Crippen LogP contribution in [-0.4, -0.2) is 31.1 Å². The molecule has 1 aromatic carbocycles. The number of hydrogen-bond donors (Lipinski definition) is 2. The fraction of sp³-hybridized carbons (Fsp3) is 0.333. The number of fused-ring (bicyclic) bond motifs is 1. The van der Waals surface area contributed by atoms with Crippen LogP contribution >= 0.6 is 11.3 Å².